The minimum atomic E-state index is -0.542. The standard InChI is InChI=1S/C24H25N3O5S/c1-4-16-6-10-18(11-7-16)25-23(29)24-27-26-21(33-24)15-32-22(28)13-9-17-8-12-19(31-5-2)20(14-17)30-3/h6-14H,4-5,15H2,1-3H3,(H,25,29). The summed E-state index contributed by atoms with van der Waals surface area (Å²) < 4.78 is 16.0. The molecule has 1 heterocycles. The van der Waals surface area contributed by atoms with Gasteiger partial charge in [0.2, 0.25) is 5.01 Å². The molecular formula is C24H25N3O5S. The molecule has 1 N–H and O–H groups in total. The van der Waals surface area contributed by atoms with Gasteiger partial charge in [-0.15, -0.1) is 10.2 Å². The monoisotopic (exact) mass is 467 g/mol. The molecule has 0 aliphatic rings. The number of aromatic nitrogens is 2. The fourth-order valence-corrected chi connectivity index (χ4v) is 3.47. The SMILES string of the molecule is CCOc1ccc(C=CC(=O)OCc2nnc(C(=O)Nc3ccc(CC)cc3)s2)cc1OC. The van der Waals surface area contributed by atoms with Crippen molar-refractivity contribution in [3.8, 4) is 11.5 Å². The number of ether oxygens (including phenoxy) is 3. The number of amides is 1. The van der Waals surface area contributed by atoms with E-state index in [2.05, 4.69) is 22.4 Å². The summed E-state index contributed by atoms with van der Waals surface area (Å²) in [5, 5.41) is 11.2. The van der Waals surface area contributed by atoms with Crippen molar-refractivity contribution in [1.29, 1.82) is 0 Å². The number of hydrogen-bond acceptors (Lipinski definition) is 8. The predicted octanol–water partition coefficient (Wildman–Crippen LogP) is 4.52. The summed E-state index contributed by atoms with van der Waals surface area (Å²) >= 11 is 1.07. The van der Waals surface area contributed by atoms with Crippen molar-refractivity contribution in [3.63, 3.8) is 0 Å². The second-order valence-electron chi connectivity index (χ2n) is 6.79. The van der Waals surface area contributed by atoms with Crippen molar-refractivity contribution in [2.24, 2.45) is 0 Å². The van der Waals surface area contributed by atoms with Crippen molar-refractivity contribution in [1.82, 2.24) is 10.2 Å². The van der Waals surface area contributed by atoms with Crippen molar-refractivity contribution in [3.05, 3.63) is 69.7 Å². The number of carbonyl (C=O) groups excluding carboxylic acids is 2. The molecule has 0 aliphatic carbocycles. The molecule has 8 nitrogen and oxygen atoms in total. The summed E-state index contributed by atoms with van der Waals surface area (Å²) in [6.45, 7) is 4.41. The Kier molecular flexibility index (Phi) is 8.54. The molecule has 0 radical (unpaired) electrons. The molecule has 0 bridgehead atoms. The van der Waals surface area contributed by atoms with Crippen LogP contribution >= 0.6 is 11.3 Å². The van der Waals surface area contributed by atoms with E-state index in [9.17, 15) is 9.59 Å². The van der Waals surface area contributed by atoms with E-state index in [0.717, 1.165) is 23.3 Å². The maximum absolute atomic E-state index is 12.4. The maximum Gasteiger partial charge on any atom is 0.331 e. The lowest BCUT2D eigenvalue weighted by atomic mass is 10.1. The number of hydrogen-bond donors (Lipinski definition) is 1. The Morgan fingerprint density at radius 2 is 1.85 bits per heavy atom. The third kappa shape index (κ3) is 6.88. The molecule has 3 aromatic rings. The van der Waals surface area contributed by atoms with E-state index in [-0.39, 0.29) is 17.5 Å². The van der Waals surface area contributed by atoms with Crippen LogP contribution in [0.3, 0.4) is 0 Å². The molecular weight excluding hydrogens is 442 g/mol. The van der Waals surface area contributed by atoms with Crippen LogP contribution in [0.2, 0.25) is 0 Å². The summed E-state index contributed by atoms with van der Waals surface area (Å²) in [5.41, 5.74) is 2.62. The highest BCUT2D eigenvalue weighted by Crippen LogP contribution is 2.28. The molecule has 9 heteroatoms. The Morgan fingerprint density at radius 3 is 2.55 bits per heavy atom. The number of benzene rings is 2. The van der Waals surface area contributed by atoms with Crippen molar-refractivity contribution in [2.75, 3.05) is 19.0 Å². The second kappa shape index (κ2) is 11.8. The van der Waals surface area contributed by atoms with Crippen LogP contribution in [0, 0.1) is 0 Å². The molecule has 0 aliphatic heterocycles. The van der Waals surface area contributed by atoms with Gasteiger partial charge in [-0.05, 0) is 54.8 Å². The van der Waals surface area contributed by atoms with Gasteiger partial charge in [0.15, 0.2) is 16.5 Å². The highest BCUT2D eigenvalue weighted by molar-refractivity contribution is 7.13. The summed E-state index contributed by atoms with van der Waals surface area (Å²) in [6, 6.07) is 12.9. The molecule has 1 amide bonds. The van der Waals surface area contributed by atoms with E-state index in [1.54, 1.807) is 25.3 Å². The molecule has 0 atom stereocenters. The number of nitrogens with one attached hydrogen (secondary N) is 1. The Morgan fingerprint density at radius 1 is 1.06 bits per heavy atom. The molecule has 0 spiro atoms. The smallest absolute Gasteiger partial charge is 0.331 e. The van der Waals surface area contributed by atoms with Crippen LogP contribution in [0.4, 0.5) is 5.69 Å². The Bertz CT molecular complexity index is 1130. The largest absolute Gasteiger partial charge is 0.493 e. The van der Waals surface area contributed by atoms with Gasteiger partial charge in [-0.2, -0.15) is 0 Å². The van der Waals surface area contributed by atoms with Gasteiger partial charge in [-0.25, -0.2) is 4.79 Å². The molecule has 2 aromatic carbocycles. The fraction of sp³-hybridized carbons (Fsp3) is 0.250. The molecule has 0 fully saturated rings. The highest BCUT2D eigenvalue weighted by atomic mass is 32.1. The molecule has 0 saturated carbocycles. The Balaban J connectivity index is 1.52. The summed E-state index contributed by atoms with van der Waals surface area (Å²) in [5.74, 6) is 0.306. The average molecular weight is 468 g/mol. The van der Waals surface area contributed by atoms with Crippen molar-refractivity contribution in [2.45, 2.75) is 26.9 Å². The molecule has 0 saturated heterocycles. The number of anilines is 1. The van der Waals surface area contributed by atoms with E-state index < -0.39 is 5.97 Å². The van der Waals surface area contributed by atoms with Crippen LogP contribution in [0.5, 0.6) is 11.5 Å². The lowest BCUT2D eigenvalue weighted by Gasteiger charge is -2.09. The predicted molar refractivity (Wildman–Crippen MR) is 127 cm³/mol. The van der Waals surface area contributed by atoms with Crippen LogP contribution in [0.1, 0.15) is 39.8 Å². The zero-order chi connectivity index (χ0) is 23.6. The number of esters is 1. The van der Waals surface area contributed by atoms with Crippen LogP contribution in [0.15, 0.2) is 48.5 Å². The van der Waals surface area contributed by atoms with Gasteiger partial charge in [-0.3, -0.25) is 4.79 Å². The second-order valence-corrected chi connectivity index (χ2v) is 7.85. The van der Waals surface area contributed by atoms with Gasteiger partial charge in [-0.1, -0.05) is 36.5 Å². The molecule has 33 heavy (non-hydrogen) atoms. The van der Waals surface area contributed by atoms with Crippen LogP contribution < -0.4 is 14.8 Å². The Hall–Kier alpha value is -3.72. The zero-order valence-electron chi connectivity index (χ0n) is 18.7. The van der Waals surface area contributed by atoms with Gasteiger partial charge < -0.3 is 19.5 Å². The Labute approximate surface area is 196 Å². The minimum Gasteiger partial charge on any atom is -0.493 e. The number of aryl methyl sites for hydroxylation is 1. The third-order valence-corrected chi connectivity index (χ3v) is 5.41. The summed E-state index contributed by atoms with van der Waals surface area (Å²) in [4.78, 5) is 24.4. The summed E-state index contributed by atoms with van der Waals surface area (Å²) in [7, 11) is 1.55. The molecule has 1 aromatic heterocycles. The van der Waals surface area contributed by atoms with Crippen molar-refractivity contribution < 1.29 is 23.8 Å². The van der Waals surface area contributed by atoms with E-state index in [0.29, 0.717) is 28.8 Å². The first kappa shape index (κ1) is 23.9. The lowest BCUT2D eigenvalue weighted by molar-refractivity contribution is -0.138. The number of carbonyl (C=O) groups is 2. The average Bonchev–Trinajstić information content (AvgIpc) is 3.32. The normalized spacial score (nSPS) is 10.8. The van der Waals surface area contributed by atoms with Gasteiger partial charge in [0.25, 0.3) is 5.91 Å². The first-order valence-electron chi connectivity index (χ1n) is 10.4. The summed E-state index contributed by atoms with van der Waals surface area (Å²) in [6.07, 6.45) is 3.85. The first-order valence-corrected chi connectivity index (χ1v) is 11.2. The van der Waals surface area contributed by atoms with Crippen LogP contribution in [-0.4, -0.2) is 35.8 Å². The van der Waals surface area contributed by atoms with Crippen molar-refractivity contribution >= 4 is 35.0 Å². The van der Waals surface area contributed by atoms with Crippen LogP contribution in [-0.2, 0) is 22.6 Å². The fourth-order valence-electron chi connectivity index (χ4n) is 2.82. The van der Waals surface area contributed by atoms with E-state index in [1.165, 1.54) is 11.6 Å². The number of nitrogens with zero attached hydrogens (tertiary/aromatic N) is 2. The molecule has 0 unspecified atom stereocenters. The molecule has 3 rings (SSSR count). The van der Waals surface area contributed by atoms with Gasteiger partial charge in [0.1, 0.15) is 6.61 Å². The van der Waals surface area contributed by atoms with Gasteiger partial charge >= 0.3 is 5.97 Å². The van der Waals surface area contributed by atoms with Gasteiger partial charge in [0.05, 0.1) is 13.7 Å². The zero-order valence-corrected chi connectivity index (χ0v) is 19.5. The quantitative estimate of drug-likeness (QED) is 0.346. The minimum absolute atomic E-state index is 0.0775. The maximum atomic E-state index is 12.4. The lowest BCUT2D eigenvalue weighted by Crippen LogP contribution is -2.11. The van der Waals surface area contributed by atoms with Gasteiger partial charge in [0, 0.05) is 11.8 Å². The first-order chi connectivity index (χ1) is 16.0. The van der Waals surface area contributed by atoms with Crippen LogP contribution in [0.25, 0.3) is 6.08 Å². The third-order valence-electron chi connectivity index (χ3n) is 4.52. The van der Waals surface area contributed by atoms with E-state index >= 15 is 0 Å². The number of methoxy groups -OCH3 is 1. The highest BCUT2D eigenvalue weighted by Gasteiger charge is 2.14. The molecule has 172 valence electrons. The van der Waals surface area contributed by atoms with E-state index in [1.807, 2.05) is 37.3 Å². The van der Waals surface area contributed by atoms with E-state index in [4.69, 9.17) is 14.2 Å². The topological polar surface area (TPSA) is 99.6 Å². The number of rotatable bonds is 10.